The second kappa shape index (κ2) is 7.38. The van der Waals surface area contributed by atoms with Crippen molar-refractivity contribution in [1.82, 2.24) is 20.0 Å². The van der Waals surface area contributed by atoms with Crippen molar-refractivity contribution in [2.45, 2.75) is 46.2 Å². The highest BCUT2D eigenvalue weighted by Crippen LogP contribution is 2.34. The Bertz CT molecular complexity index is 679. The van der Waals surface area contributed by atoms with E-state index in [-0.39, 0.29) is 12.1 Å². The third kappa shape index (κ3) is 3.80. The lowest BCUT2D eigenvalue weighted by atomic mass is 10.2. The first-order valence-corrected chi connectivity index (χ1v) is 9.51. The summed E-state index contributed by atoms with van der Waals surface area (Å²) in [6.45, 7) is 8.58. The van der Waals surface area contributed by atoms with Gasteiger partial charge in [-0.1, -0.05) is 13.0 Å². The molecule has 24 heavy (non-hydrogen) atoms. The maximum atomic E-state index is 12.6. The second-order valence-electron chi connectivity index (χ2n) is 6.77. The number of urea groups is 1. The quantitative estimate of drug-likeness (QED) is 0.896. The molecule has 0 spiro atoms. The summed E-state index contributed by atoms with van der Waals surface area (Å²) in [5, 5.41) is 9.69. The molecule has 0 bridgehead atoms. The zero-order valence-corrected chi connectivity index (χ0v) is 15.5. The normalized spacial score (nSPS) is 18.8. The van der Waals surface area contributed by atoms with Gasteiger partial charge < -0.3 is 10.2 Å². The van der Waals surface area contributed by atoms with Crippen molar-refractivity contribution in [1.29, 1.82) is 0 Å². The van der Waals surface area contributed by atoms with Gasteiger partial charge in [-0.15, -0.1) is 11.3 Å². The molecule has 1 aliphatic rings. The van der Waals surface area contributed by atoms with Gasteiger partial charge in [0, 0.05) is 30.2 Å². The number of thiophene rings is 1. The molecular weight excluding hydrogens is 320 g/mol. The van der Waals surface area contributed by atoms with E-state index in [9.17, 15) is 4.79 Å². The minimum absolute atomic E-state index is 0.0612. The molecule has 1 N–H and O–H groups in total. The van der Waals surface area contributed by atoms with E-state index in [0.717, 1.165) is 31.6 Å². The third-order valence-electron chi connectivity index (χ3n) is 4.57. The maximum Gasteiger partial charge on any atom is 0.317 e. The molecule has 2 atom stereocenters. The van der Waals surface area contributed by atoms with E-state index in [1.54, 1.807) is 11.3 Å². The molecule has 1 saturated heterocycles. The van der Waals surface area contributed by atoms with Crippen LogP contribution in [0.1, 0.15) is 42.1 Å². The first-order valence-electron chi connectivity index (χ1n) is 8.63. The molecule has 0 saturated carbocycles. The van der Waals surface area contributed by atoms with E-state index in [1.807, 2.05) is 16.5 Å². The molecule has 2 aromatic heterocycles. The zero-order valence-electron chi connectivity index (χ0n) is 14.7. The van der Waals surface area contributed by atoms with E-state index < -0.39 is 0 Å². The number of nitrogens with zero attached hydrogens (tertiary/aromatic N) is 3. The van der Waals surface area contributed by atoms with Gasteiger partial charge in [0.2, 0.25) is 0 Å². The van der Waals surface area contributed by atoms with Gasteiger partial charge in [0.1, 0.15) is 0 Å². The molecule has 1 aliphatic heterocycles. The van der Waals surface area contributed by atoms with Gasteiger partial charge in [-0.3, -0.25) is 4.68 Å². The summed E-state index contributed by atoms with van der Waals surface area (Å²) in [7, 11) is 0. The van der Waals surface area contributed by atoms with Crippen molar-refractivity contribution < 1.29 is 4.79 Å². The Morgan fingerprint density at radius 2 is 2.33 bits per heavy atom. The van der Waals surface area contributed by atoms with Gasteiger partial charge in [0.25, 0.3) is 0 Å². The van der Waals surface area contributed by atoms with Crippen molar-refractivity contribution >= 4 is 17.4 Å². The first-order chi connectivity index (χ1) is 11.5. The third-order valence-corrected chi connectivity index (χ3v) is 5.55. The van der Waals surface area contributed by atoms with Crippen LogP contribution in [0.25, 0.3) is 0 Å². The standard InChI is InChI=1S/C18H26N4OS/c1-13(12-22-15(3)10-14(2)20-22)11-19-18(23)21-8-4-6-16(21)17-7-5-9-24-17/h5,7,9-10,13,16H,4,6,8,11-12H2,1-3H3,(H,19,23). The van der Waals surface area contributed by atoms with Crippen LogP contribution in [0, 0.1) is 19.8 Å². The monoisotopic (exact) mass is 346 g/mol. The fourth-order valence-electron chi connectivity index (χ4n) is 3.37. The second-order valence-corrected chi connectivity index (χ2v) is 7.75. The van der Waals surface area contributed by atoms with Crippen LogP contribution in [-0.2, 0) is 6.54 Å². The van der Waals surface area contributed by atoms with E-state index in [0.29, 0.717) is 12.5 Å². The van der Waals surface area contributed by atoms with Crippen LogP contribution in [0.15, 0.2) is 23.6 Å². The van der Waals surface area contributed by atoms with Gasteiger partial charge >= 0.3 is 6.03 Å². The molecule has 0 aliphatic carbocycles. The van der Waals surface area contributed by atoms with Crippen LogP contribution in [-0.4, -0.2) is 33.8 Å². The van der Waals surface area contributed by atoms with Crippen molar-refractivity contribution in [2.24, 2.45) is 5.92 Å². The maximum absolute atomic E-state index is 12.6. The van der Waals surface area contributed by atoms with Gasteiger partial charge in [-0.05, 0) is 50.1 Å². The van der Waals surface area contributed by atoms with Crippen LogP contribution in [0.3, 0.4) is 0 Å². The van der Waals surface area contributed by atoms with Crippen LogP contribution < -0.4 is 5.32 Å². The average Bonchev–Trinajstić information content (AvgIpc) is 3.25. The molecule has 2 aromatic rings. The van der Waals surface area contributed by atoms with Gasteiger partial charge in [0.05, 0.1) is 11.7 Å². The average molecular weight is 346 g/mol. The molecule has 1 fully saturated rings. The lowest BCUT2D eigenvalue weighted by molar-refractivity contribution is 0.191. The molecule has 0 radical (unpaired) electrons. The summed E-state index contributed by atoms with van der Waals surface area (Å²) in [6, 6.07) is 6.58. The lowest BCUT2D eigenvalue weighted by Gasteiger charge is -2.25. The number of carbonyl (C=O) groups excluding carboxylic acids is 1. The Morgan fingerprint density at radius 1 is 1.50 bits per heavy atom. The number of hydrogen-bond acceptors (Lipinski definition) is 3. The molecule has 6 heteroatoms. The Balaban J connectivity index is 1.52. The Labute approximate surface area is 147 Å². The topological polar surface area (TPSA) is 50.2 Å². The van der Waals surface area contributed by atoms with Gasteiger partial charge in [0.15, 0.2) is 0 Å². The molecule has 0 aromatic carbocycles. The number of rotatable bonds is 5. The minimum atomic E-state index is 0.0612. The predicted octanol–water partition coefficient (Wildman–Crippen LogP) is 3.74. The number of amides is 2. The number of nitrogens with one attached hydrogen (secondary N) is 1. The van der Waals surface area contributed by atoms with Gasteiger partial charge in [-0.2, -0.15) is 5.10 Å². The van der Waals surface area contributed by atoms with Crippen LogP contribution in [0.2, 0.25) is 0 Å². The Kier molecular flexibility index (Phi) is 5.23. The lowest BCUT2D eigenvalue weighted by Crippen LogP contribution is -2.41. The van der Waals surface area contributed by atoms with Crippen LogP contribution in [0.4, 0.5) is 4.79 Å². The van der Waals surface area contributed by atoms with E-state index in [4.69, 9.17) is 0 Å². The minimum Gasteiger partial charge on any atom is -0.338 e. The molecular formula is C18H26N4OS. The fourth-order valence-corrected chi connectivity index (χ4v) is 4.24. The SMILES string of the molecule is Cc1cc(C)n(CC(C)CNC(=O)N2CCCC2c2cccs2)n1. The zero-order chi connectivity index (χ0) is 17.1. The smallest absolute Gasteiger partial charge is 0.317 e. The first kappa shape index (κ1) is 17.0. The number of likely N-dealkylation sites (tertiary alicyclic amines) is 1. The van der Waals surface area contributed by atoms with Crippen molar-refractivity contribution in [3.8, 4) is 0 Å². The summed E-state index contributed by atoms with van der Waals surface area (Å²) in [5.74, 6) is 0.342. The van der Waals surface area contributed by atoms with Crippen LogP contribution in [0.5, 0.6) is 0 Å². The molecule has 130 valence electrons. The largest absolute Gasteiger partial charge is 0.338 e. The van der Waals surface area contributed by atoms with Crippen molar-refractivity contribution in [3.05, 3.63) is 39.8 Å². The van der Waals surface area contributed by atoms with Gasteiger partial charge in [-0.25, -0.2) is 4.79 Å². The summed E-state index contributed by atoms with van der Waals surface area (Å²) in [5.41, 5.74) is 2.21. The van der Waals surface area contributed by atoms with E-state index >= 15 is 0 Å². The van der Waals surface area contributed by atoms with Crippen molar-refractivity contribution in [3.63, 3.8) is 0 Å². The number of hydrogen-bond donors (Lipinski definition) is 1. The molecule has 2 amide bonds. The highest BCUT2D eigenvalue weighted by atomic mass is 32.1. The molecule has 5 nitrogen and oxygen atoms in total. The molecule has 2 unspecified atom stereocenters. The number of aromatic nitrogens is 2. The highest BCUT2D eigenvalue weighted by Gasteiger charge is 2.30. The fraction of sp³-hybridized carbons (Fsp3) is 0.556. The Morgan fingerprint density at radius 3 is 3.00 bits per heavy atom. The molecule has 3 rings (SSSR count). The number of aryl methyl sites for hydroxylation is 2. The predicted molar refractivity (Wildman–Crippen MR) is 97.3 cm³/mol. The summed E-state index contributed by atoms with van der Waals surface area (Å²) in [4.78, 5) is 15.9. The number of carbonyl (C=O) groups is 1. The van der Waals surface area contributed by atoms with E-state index in [1.165, 1.54) is 10.6 Å². The summed E-state index contributed by atoms with van der Waals surface area (Å²) in [6.07, 6.45) is 2.15. The highest BCUT2D eigenvalue weighted by molar-refractivity contribution is 7.10. The summed E-state index contributed by atoms with van der Waals surface area (Å²) < 4.78 is 2.02. The summed E-state index contributed by atoms with van der Waals surface area (Å²) >= 11 is 1.74. The van der Waals surface area contributed by atoms with Crippen molar-refractivity contribution in [2.75, 3.05) is 13.1 Å². The molecule has 3 heterocycles. The van der Waals surface area contributed by atoms with Crippen LogP contribution >= 0.6 is 11.3 Å². The Hall–Kier alpha value is -1.82. The van der Waals surface area contributed by atoms with E-state index in [2.05, 4.69) is 47.8 Å².